The van der Waals surface area contributed by atoms with E-state index >= 15 is 0 Å². The SMILES string of the molecule is CCC(NCCC(C)S(C)=O)c1ccc(Br)cc1. The Balaban J connectivity index is 2.47. The third kappa shape index (κ3) is 5.21. The Bertz CT molecular complexity index is 380. The fraction of sp³-hybridized carbons (Fsp3) is 0.571. The molecule has 1 aromatic carbocycles. The fourth-order valence-electron chi connectivity index (χ4n) is 1.82. The summed E-state index contributed by atoms with van der Waals surface area (Å²) in [5, 5.41) is 3.81. The predicted octanol–water partition coefficient (Wildman–Crippen LogP) is 3.65. The van der Waals surface area contributed by atoms with E-state index in [0.29, 0.717) is 6.04 Å². The lowest BCUT2D eigenvalue weighted by molar-refractivity contribution is 0.508. The summed E-state index contributed by atoms with van der Waals surface area (Å²) in [5.41, 5.74) is 1.31. The van der Waals surface area contributed by atoms with Crippen molar-refractivity contribution in [1.82, 2.24) is 5.32 Å². The van der Waals surface area contributed by atoms with E-state index < -0.39 is 10.8 Å². The van der Waals surface area contributed by atoms with E-state index in [4.69, 9.17) is 0 Å². The van der Waals surface area contributed by atoms with Crippen molar-refractivity contribution < 1.29 is 4.21 Å². The first-order chi connectivity index (χ1) is 8.54. The number of nitrogens with one attached hydrogen (secondary N) is 1. The summed E-state index contributed by atoms with van der Waals surface area (Å²) < 4.78 is 12.4. The Labute approximate surface area is 121 Å². The monoisotopic (exact) mass is 331 g/mol. The van der Waals surface area contributed by atoms with Crippen molar-refractivity contribution in [1.29, 1.82) is 0 Å². The Kier molecular flexibility index (Phi) is 7.12. The molecular formula is C14H22BrNOS. The van der Waals surface area contributed by atoms with Crippen LogP contribution in [0.1, 0.15) is 38.3 Å². The second-order valence-electron chi connectivity index (χ2n) is 4.56. The van der Waals surface area contributed by atoms with E-state index in [1.54, 1.807) is 6.26 Å². The summed E-state index contributed by atoms with van der Waals surface area (Å²) in [4.78, 5) is 0. The third-order valence-electron chi connectivity index (χ3n) is 3.19. The van der Waals surface area contributed by atoms with Crippen molar-refractivity contribution in [2.75, 3.05) is 12.8 Å². The number of halogens is 1. The molecule has 0 saturated carbocycles. The summed E-state index contributed by atoms with van der Waals surface area (Å²) in [5.74, 6) is 0. The van der Waals surface area contributed by atoms with Crippen LogP contribution in [0.4, 0.5) is 0 Å². The molecule has 0 aliphatic carbocycles. The van der Waals surface area contributed by atoms with Gasteiger partial charge < -0.3 is 5.32 Å². The molecule has 0 aromatic heterocycles. The van der Waals surface area contributed by atoms with Crippen LogP contribution < -0.4 is 5.32 Å². The summed E-state index contributed by atoms with van der Waals surface area (Å²) >= 11 is 3.45. The van der Waals surface area contributed by atoms with Gasteiger partial charge >= 0.3 is 0 Å². The molecule has 1 aromatic rings. The van der Waals surface area contributed by atoms with Gasteiger partial charge in [-0.25, -0.2) is 0 Å². The van der Waals surface area contributed by atoms with Gasteiger partial charge in [0.05, 0.1) is 0 Å². The molecule has 0 amide bonds. The highest BCUT2D eigenvalue weighted by molar-refractivity contribution is 9.10. The van der Waals surface area contributed by atoms with Crippen molar-refractivity contribution in [2.45, 2.75) is 38.0 Å². The molecule has 0 saturated heterocycles. The first kappa shape index (κ1) is 15.9. The maximum atomic E-state index is 11.3. The van der Waals surface area contributed by atoms with Gasteiger partial charge in [-0.05, 0) is 37.1 Å². The minimum absolute atomic E-state index is 0.264. The maximum absolute atomic E-state index is 11.3. The van der Waals surface area contributed by atoms with Gasteiger partial charge in [0, 0.05) is 32.8 Å². The summed E-state index contributed by atoms with van der Waals surface area (Å²) in [6.07, 6.45) is 3.79. The molecular weight excluding hydrogens is 310 g/mol. The van der Waals surface area contributed by atoms with Crippen molar-refractivity contribution in [3.63, 3.8) is 0 Å². The lowest BCUT2D eigenvalue weighted by Gasteiger charge is -2.18. The zero-order valence-electron chi connectivity index (χ0n) is 11.3. The van der Waals surface area contributed by atoms with Crippen molar-refractivity contribution >= 4 is 26.7 Å². The molecule has 0 spiro atoms. The number of hydrogen-bond donors (Lipinski definition) is 1. The highest BCUT2D eigenvalue weighted by Gasteiger charge is 2.10. The van der Waals surface area contributed by atoms with E-state index in [1.807, 2.05) is 6.92 Å². The molecule has 0 aliphatic heterocycles. The summed E-state index contributed by atoms with van der Waals surface area (Å²) in [6.45, 7) is 5.13. The summed E-state index contributed by atoms with van der Waals surface area (Å²) in [6, 6.07) is 8.82. The van der Waals surface area contributed by atoms with Gasteiger partial charge in [0.2, 0.25) is 0 Å². The molecule has 1 N–H and O–H groups in total. The molecule has 3 atom stereocenters. The molecule has 0 radical (unpaired) electrons. The number of rotatable bonds is 7. The van der Waals surface area contributed by atoms with Crippen LogP contribution in [0.2, 0.25) is 0 Å². The van der Waals surface area contributed by atoms with Gasteiger partial charge in [-0.15, -0.1) is 0 Å². The molecule has 18 heavy (non-hydrogen) atoms. The molecule has 0 aliphatic rings. The molecule has 0 heterocycles. The smallest absolute Gasteiger partial charge is 0.0329 e. The van der Waals surface area contributed by atoms with Gasteiger partial charge in [-0.2, -0.15) is 0 Å². The average Bonchev–Trinajstić information content (AvgIpc) is 2.35. The quantitative estimate of drug-likeness (QED) is 0.826. The zero-order valence-corrected chi connectivity index (χ0v) is 13.7. The van der Waals surface area contributed by atoms with Crippen LogP contribution >= 0.6 is 15.9 Å². The highest BCUT2D eigenvalue weighted by Crippen LogP contribution is 2.19. The summed E-state index contributed by atoms with van der Waals surface area (Å²) in [7, 11) is -0.721. The van der Waals surface area contributed by atoms with E-state index in [2.05, 4.69) is 52.4 Å². The number of hydrogen-bond acceptors (Lipinski definition) is 2. The van der Waals surface area contributed by atoms with E-state index in [9.17, 15) is 4.21 Å². The highest BCUT2D eigenvalue weighted by atomic mass is 79.9. The Morgan fingerprint density at radius 3 is 2.44 bits per heavy atom. The lowest BCUT2D eigenvalue weighted by atomic mass is 10.0. The van der Waals surface area contributed by atoms with Gasteiger partial charge in [-0.3, -0.25) is 4.21 Å². The van der Waals surface area contributed by atoms with Crippen LogP contribution in [-0.2, 0) is 10.8 Å². The first-order valence-electron chi connectivity index (χ1n) is 6.35. The Morgan fingerprint density at radius 1 is 1.33 bits per heavy atom. The zero-order chi connectivity index (χ0) is 13.5. The topological polar surface area (TPSA) is 29.1 Å². The number of benzene rings is 1. The van der Waals surface area contributed by atoms with Crippen LogP contribution in [0.15, 0.2) is 28.7 Å². The fourth-order valence-corrected chi connectivity index (χ4v) is 2.53. The predicted molar refractivity (Wildman–Crippen MR) is 83.3 cm³/mol. The van der Waals surface area contributed by atoms with E-state index in [-0.39, 0.29) is 5.25 Å². The molecule has 3 unspecified atom stereocenters. The molecule has 2 nitrogen and oxygen atoms in total. The van der Waals surface area contributed by atoms with Crippen molar-refractivity contribution in [2.24, 2.45) is 0 Å². The van der Waals surface area contributed by atoms with Crippen LogP contribution in [0, 0.1) is 0 Å². The molecule has 102 valence electrons. The third-order valence-corrected chi connectivity index (χ3v) is 5.09. The van der Waals surface area contributed by atoms with Crippen molar-refractivity contribution in [3.8, 4) is 0 Å². The largest absolute Gasteiger partial charge is 0.310 e. The molecule has 0 bridgehead atoms. The normalized spacial score (nSPS) is 16.2. The standard InChI is InChI=1S/C14H22BrNOS/c1-4-14(12-5-7-13(15)8-6-12)16-10-9-11(2)18(3)17/h5-8,11,14,16H,4,9-10H2,1-3H3. The minimum atomic E-state index is -0.721. The second-order valence-corrected chi connectivity index (χ2v) is 7.28. The van der Waals surface area contributed by atoms with Crippen LogP contribution in [0.3, 0.4) is 0 Å². The van der Waals surface area contributed by atoms with Gasteiger partial charge in [0.1, 0.15) is 0 Å². The Morgan fingerprint density at radius 2 is 1.94 bits per heavy atom. The maximum Gasteiger partial charge on any atom is 0.0329 e. The molecule has 1 rings (SSSR count). The minimum Gasteiger partial charge on any atom is -0.310 e. The van der Waals surface area contributed by atoms with E-state index in [1.165, 1.54) is 5.56 Å². The van der Waals surface area contributed by atoms with Crippen LogP contribution in [-0.4, -0.2) is 22.3 Å². The molecule has 0 fully saturated rings. The molecule has 4 heteroatoms. The Hall–Kier alpha value is -0.190. The van der Waals surface area contributed by atoms with Gasteiger partial charge in [0.15, 0.2) is 0 Å². The first-order valence-corrected chi connectivity index (χ1v) is 8.77. The van der Waals surface area contributed by atoms with Crippen LogP contribution in [0.5, 0.6) is 0 Å². The lowest BCUT2D eigenvalue weighted by Crippen LogP contribution is -2.25. The van der Waals surface area contributed by atoms with E-state index in [0.717, 1.165) is 23.9 Å². The van der Waals surface area contributed by atoms with Gasteiger partial charge in [-0.1, -0.05) is 41.9 Å². The van der Waals surface area contributed by atoms with Gasteiger partial charge in [0.25, 0.3) is 0 Å². The average molecular weight is 332 g/mol. The van der Waals surface area contributed by atoms with Crippen molar-refractivity contribution in [3.05, 3.63) is 34.3 Å². The van der Waals surface area contributed by atoms with Crippen LogP contribution in [0.25, 0.3) is 0 Å². The second kappa shape index (κ2) is 8.08.